The van der Waals surface area contributed by atoms with E-state index in [1.807, 2.05) is 32.1 Å². The molecular weight excluding hydrogens is 352 g/mol. The lowest BCUT2D eigenvalue weighted by Gasteiger charge is -2.30. The zero-order valence-corrected chi connectivity index (χ0v) is 17.9. The number of hydrogen-bond acceptors (Lipinski definition) is 3. The zero-order valence-electron chi connectivity index (χ0n) is 17.1. The molecule has 0 amide bonds. The molecule has 1 N–H and O–H groups in total. The molecule has 0 radical (unpaired) electrons. The highest BCUT2D eigenvalue weighted by molar-refractivity contribution is 7.14. The molecule has 3 rings (SSSR count). The van der Waals surface area contributed by atoms with Crippen molar-refractivity contribution in [3.05, 3.63) is 55.8 Å². The van der Waals surface area contributed by atoms with Gasteiger partial charge in [0.2, 0.25) is 0 Å². The van der Waals surface area contributed by atoms with Crippen LogP contribution in [-0.4, -0.2) is 10.9 Å². The highest BCUT2D eigenvalue weighted by Gasteiger charge is 2.31. The maximum atomic E-state index is 13.0. The SMILES string of the molecule is CCCc1sc(C(=O)/C=C/c2cc(C)c(O)c(C)c2)c2c1CC(C)(C)CC2. The second-order valence-electron chi connectivity index (χ2n) is 8.60. The van der Waals surface area contributed by atoms with Gasteiger partial charge in [-0.3, -0.25) is 4.79 Å². The van der Waals surface area contributed by atoms with E-state index in [4.69, 9.17) is 0 Å². The number of benzene rings is 1. The molecule has 2 nitrogen and oxygen atoms in total. The summed E-state index contributed by atoms with van der Waals surface area (Å²) in [7, 11) is 0. The van der Waals surface area contributed by atoms with Crippen LogP contribution in [-0.2, 0) is 19.3 Å². The van der Waals surface area contributed by atoms with E-state index in [0.717, 1.165) is 53.7 Å². The monoisotopic (exact) mass is 382 g/mol. The lowest BCUT2D eigenvalue weighted by Crippen LogP contribution is -2.22. The summed E-state index contributed by atoms with van der Waals surface area (Å²) in [5.74, 6) is 0.444. The van der Waals surface area contributed by atoms with E-state index in [1.165, 1.54) is 16.0 Å². The molecule has 0 bridgehead atoms. The van der Waals surface area contributed by atoms with Gasteiger partial charge in [0.1, 0.15) is 5.75 Å². The highest BCUT2D eigenvalue weighted by atomic mass is 32.1. The molecule has 0 saturated carbocycles. The Balaban J connectivity index is 1.91. The average molecular weight is 383 g/mol. The fraction of sp³-hybridized carbons (Fsp3) is 0.458. The first kappa shape index (κ1) is 19.9. The number of phenols is 1. The van der Waals surface area contributed by atoms with Crippen molar-refractivity contribution in [2.75, 3.05) is 0 Å². The minimum Gasteiger partial charge on any atom is -0.507 e. The van der Waals surface area contributed by atoms with Crippen LogP contribution in [0, 0.1) is 19.3 Å². The molecule has 1 aliphatic rings. The Morgan fingerprint density at radius 3 is 2.52 bits per heavy atom. The fourth-order valence-electron chi connectivity index (χ4n) is 4.01. The first-order chi connectivity index (χ1) is 12.7. The molecule has 0 spiro atoms. The standard InChI is InChI=1S/C24H30O2S/c1-6-7-21-19-14-24(4,5)11-10-18(19)23(27-21)20(25)9-8-17-12-15(2)22(26)16(3)13-17/h8-9,12-13,26H,6-7,10-11,14H2,1-5H3/b9-8+. The number of carbonyl (C=O) groups excluding carboxylic acids is 1. The third-order valence-corrected chi connectivity index (χ3v) is 6.90. The Morgan fingerprint density at radius 2 is 1.89 bits per heavy atom. The summed E-state index contributed by atoms with van der Waals surface area (Å²) in [6.07, 6.45) is 8.99. The van der Waals surface area contributed by atoms with Crippen molar-refractivity contribution in [2.45, 2.75) is 66.7 Å². The number of aromatic hydroxyl groups is 1. The second-order valence-corrected chi connectivity index (χ2v) is 9.71. The molecule has 144 valence electrons. The molecule has 27 heavy (non-hydrogen) atoms. The van der Waals surface area contributed by atoms with Crippen molar-refractivity contribution in [1.29, 1.82) is 0 Å². The molecule has 0 atom stereocenters. The number of allylic oxidation sites excluding steroid dienone is 1. The lowest BCUT2D eigenvalue weighted by atomic mass is 9.74. The van der Waals surface area contributed by atoms with Gasteiger partial charge in [-0.2, -0.15) is 0 Å². The summed E-state index contributed by atoms with van der Waals surface area (Å²) >= 11 is 1.71. The Morgan fingerprint density at radius 1 is 1.22 bits per heavy atom. The summed E-state index contributed by atoms with van der Waals surface area (Å²) in [5, 5.41) is 9.92. The number of fused-ring (bicyclic) bond motifs is 1. The minimum atomic E-state index is 0.113. The van der Waals surface area contributed by atoms with Gasteiger partial charge >= 0.3 is 0 Å². The minimum absolute atomic E-state index is 0.113. The van der Waals surface area contributed by atoms with Crippen LogP contribution in [0.1, 0.15) is 76.0 Å². The molecule has 1 aromatic carbocycles. The van der Waals surface area contributed by atoms with Crippen LogP contribution in [0.5, 0.6) is 5.75 Å². The quantitative estimate of drug-likeness (QED) is 0.477. The van der Waals surface area contributed by atoms with Crippen LogP contribution >= 0.6 is 11.3 Å². The molecule has 1 aliphatic carbocycles. The first-order valence-corrected chi connectivity index (χ1v) is 10.7. The molecule has 0 aliphatic heterocycles. The Kier molecular flexibility index (Phi) is 5.62. The number of rotatable bonds is 5. The van der Waals surface area contributed by atoms with E-state index in [2.05, 4.69) is 20.8 Å². The zero-order chi connectivity index (χ0) is 19.8. The van der Waals surface area contributed by atoms with E-state index in [0.29, 0.717) is 11.2 Å². The predicted octanol–water partition coefficient (Wildman–Crippen LogP) is 6.43. The van der Waals surface area contributed by atoms with Gasteiger partial charge < -0.3 is 5.11 Å². The van der Waals surface area contributed by atoms with Crippen LogP contribution in [0.3, 0.4) is 0 Å². The summed E-state index contributed by atoms with van der Waals surface area (Å²) in [6.45, 7) is 10.6. The van der Waals surface area contributed by atoms with Crippen LogP contribution in [0.4, 0.5) is 0 Å². The van der Waals surface area contributed by atoms with Crippen LogP contribution in [0.15, 0.2) is 18.2 Å². The van der Waals surface area contributed by atoms with Gasteiger partial charge in [-0.1, -0.05) is 33.3 Å². The normalized spacial score (nSPS) is 15.9. The van der Waals surface area contributed by atoms with E-state index >= 15 is 0 Å². The Labute approximate surface area is 166 Å². The lowest BCUT2D eigenvalue weighted by molar-refractivity contribution is 0.105. The number of hydrogen-bond donors (Lipinski definition) is 1. The molecule has 0 unspecified atom stereocenters. The molecule has 0 saturated heterocycles. The molecule has 2 aromatic rings. The highest BCUT2D eigenvalue weighted by Crippen LogP contribution is 2.42. The van der Waals surface area contributed by atoms with E-state index in [-0.39, 0.29) is 5.78 Å². The summed E-state index contributed by atoms with van der Waals surface area (Å²) < 4.78 is 0. The first-order valence-electron chi connectivity index (χ1n) is 9.88. The van der Waals surface area contributed by atoms with Crippen molar-refractivity contribution in [3.8, 4) is 5.75 Å². The van der Waals surface area contributed by atoms with E-state index in [9.17, 15) is 9.90 Å². The van der Waals surface area contributed by atoms with Gasteiger partial charge in [0, 0.05) is 4.88 Å². The van der Waals surface area contributed by atoms with Gasteiger partial charge in [-0.05, 0) is 91.0 Å². The van der Waals surface area contributed by atoms with E-state index < -0.39 is 0 Å². The third-order valence-electron chi connectivity index (χ3n) is 5.55. The van der Waals surface area contributed by atoms with Crippen molar-refractivity contribution < 1.29 is 9.90 Å². The number of thiophene rings is 1. The number of aryl methyl sites for hydroxylation is 3. The van der Waals surface area contributed by atoms with Crippen molar-refractivity contribution in [2.24, 2.45) is 5.41 Å². The van der Waals surface area contributed by atoms with Crippen LogP contribution < -0.4 is 0 Å². The Hall–Kier alpha value is -1.87. The van der Waals surface area contributed by atoms with Gasteiger partial charge in [0.05, 0.1) is 4.88 Å². The molecule has 3 heteroatoms. The number of carbonyl (C=O) groups is 1. The summed E-state index contributed by atoms with van der Waals surface area (Å²) in [4.78, 5) is 15.3. The van der Waals surface area contributed by atoms with Crippen molar-refractivity contribution >= 4 is 23.2 Å². The van der Waals surface area contributed by atoms with Crippen LogP contribution in [0.25, 0.3) is 6.08 Å². The van der Waals surface area contributed by atoms with Gasteiger partial charge in [0.15, 0.2) is 5.78 Å². The number of phenolic OH excluding ortho intramolecular Hbond substituents is 1. The molecular formula is C24H30O2S. The predicted molar refractivity (Wildman–Crippen MR) is 115 cm³/mol. The maximum absolute atomic E-state index is 13.0. The summed E-state index contributed by atoms with van der Waals surface area (Å²) in [5.41, 5.74) is 5.71. The average Bonchev–Trinajstić information content (AvgIpc) is 2.94. The molecule has 0 fully saturated rings. The fourth-order valence-corrected chi connectivity index (χ4v) is 5.40. The second kappa shape index (κ2) is 7.63. The van der Waals surface area contributed by atoms with Crippen molar-refractivity contribution in [3.63, 3.8) is 0 Å². The van der Waals surface area contributed by atoms with Crippen molar-refractivity contribution in [1.82, 2.24) is 0 Å². The maximum Gasteiger partial charge on any atom is 0.196 e. The Bertz CT molecular complexity index is 876. The largest absolute Gasteiger partial charge is 0.507 e. The molecule has 1 aromatic heterocycles. The van der Waals surface area contributed by atoms with E-state index in [1.54, 1.807) is 17.4 Å². The molecule has 1 heterocycles. The summed E-state index contributed by atoms with van der Waals surface area (Å²) in [6, 6.07) is 3.84. The topological polar surface area (TPSA) is 37.3 Å². The smallest absolute Gasteiger partial charge is 0.196 e. The third kappa shape index (κ3) is 4.19. The number of ketones is 1. The van der Waals surface area contributed by atoms with Crippen LogP contribution in [0.2, 0.25) is 0 Å². The van der Waals surface area contributed by atoms with Gasteiger partial charge in [-0.25, -0.2) is 0 Å². The van der Waals surface area contributed by atoms with Gasteiger partial charge in [0.25, 0.3) is 0 Å². The van der Waals surface area contributed by atoms with Gasteiger partial charge in [-0.15, -0.1) is 11.3 Å².